The lowest BCUT2D eigenvalue weighted by Crippen LogP contribution is -2.23. The predicted octanol–water partition coefficient (Wildman–Crippen LogP) is 2.73. The molecule has 2 aromatic rings. The van der Waals surface area contributed by atoms with Crippen molar-refractivity contribution >= 4 is 33.4 Å². The zero-order valence-electron chi connectivity index (χ0n) is 14.2. The third-order valence-electron chi connectivity index (χ3n) is 3.34. The van der Waals surface area contributed by atoms with Crippen LogP contribution in [-0.2, 0) is 14.8 Å². The van der Waals surface area contributed by atoms with Gasteiger partial charge < -0.3 is 5.32 Å². The van der Waals surface area contributed by atoms with Gasteiger partial charge in [0.1, 0.15) is 16.5 Å². The lowest BCUT2D eigenvalue weighted by molar-refractivity contribution is -0.115. The van der Waals surface area contributed by atoms with Crippen LogP contribution in [0.2, 0.25) is 0 Å². The molecular weight excluding hydrogens is 384 g/mol. The molecule has 0 saturated carbocycles. The van der Waals surface area contributed by atoms with Gasteiger partial charge in [-0.2, -0.15) is 0 Å². The van der Waals surface area contributed by atoms with Gasteiger partial charge in [-0.25, -0.2) is 26.5 Å². The van der Waals surface area contributed by atoms with Crippen molar-refractivity contribution in [1.29, 1.82) is 0 Å². The first kappa shape index (κ1) is 20.3. The summed E-state index contributed by atoms with van der Waals surface area (Å²) in [5.74, 6) is -1.94. The summed E-state index contributed by atoms with van der Waals surface area (Å²) in [6, 6.07) is 5.64. The van der Waals surface area contributed by atoms with Crippen molar-refractivity contribution in [2.24, 2.45) is 0 Å². The minimum atomic E-state index is -3.58. The summed E-state index contributed by atoms with van der Waals surface area (Å²) in [5.41, 5.74) is -0.247. The zero-order valence-corrected chi connectivity index (χ0v) is 15.9. The topological polar surface area (TPSA) is 79.4 Å². The van der Waals surface area contributed by atoms with E-state index in [1.165, 1.54) is 32.4 Å². The van der Waals surface area contributed by atoms with Crippen molar-refractivity contribution < 1.29 is 22.0 Å². The number of aromatic nitrogens is 1. The number of carbonyl (C=O) groups is 1. The Morgan fingerprint density at radius 3 is 2.50 bits per heavy atom. The third-order valence-corrected chi connectivity index (χ3v) is 6.19. The Morgan fingerprint density at radius 2 is 1.92 bits per heavy atom. The van der Waals surface area contributed by atoms with E-state index in [9.17, 15) is 22.0 Å². The second-order valence-electron chi connectivity index (χ2n) is 5.49. The molecule has 1 aromatic carbocycles. The van der Waals surface area contributed by atoms with Gasteiger partial charge in [-0.1, -0.05) is 11.8 Å². The van der Waals surface area contributed by atoms with Gasteiger partial charge in [-0.05, 0) is 31.2 Å². The smallest absolute Gasteiger partial charge is 0.244 e. The number of rotatable bonds is 6. The van der Waals surface area contributed by atoms with Crippen LogP contribution in [0, 0.1) is 11.6 Å². The van der Waals surface area contributed by atoms with Gasteiger partial charge in [-0.3, -0.25) is 4.79 Å². The molecule has 0 bridgehead atoms. The highest BCUT2D eigenvalue weighted by Crippen LogP contribution is 2.24. The number of hydrogen-bond acceptors (Lipinski definition) is 5. The Kier molecular flexibility index (Phi) is 6.32. The maximum Gasteiger partial charge on any atom is 0.244 e. The van der Waals surface area contributed by atoms with E-state index in [1.54, 1.807) is 6.92 Å². The first-order valence-corrected chi connectivity index (χ1v) is 9.74. The Balaban J connectivity index is 2.06. The molecular formula is C16H17F2N3O3S2. The van der Waals surface area contributed by atoms with E-state index in [1.807, 2.05) is 0 Å². The van der Waals surface area contributed by atoms with Crippen LogP contribution in [0.25, 0.3) is 0 Å². The minimum absolute atomic E-state index is 0.0331. The molecule has 0 aliphatic carbocycles. The number of benzene rings is 1. The normalized spacial score (nSPS) is 12.8. The van der Waals surface area contributed by atoms with Gasteiger partial charge in [0, 0.05) is 26.4 Å². The number of anilines is 1. The minimum Gasteiger partial charge on any atom is -0.323 e. The molecule has 0 saturated heterocycles. The van der Waals surface area contributed by atoms with Gasteiger partial charge in [0.25, 0.3) is 0 Å². The number of amides is 1. The number of nitrogens with zero attached hydrogens (tertiary/aromatic N) is 2. The van der Waals surface area contributed by atoms with E-state index < -0.39 is 32.8 Å². The number of thioether (sulfide) groups is 1. The van der Waals surface area contributed by atoms with E-state index in [-0.39, 0.29) is 10.6 Å². The summed E-state index contributed by atoms with van der Waals surface area (Å²) in [5, 5.41) is 2.07. The summed E-state index contributed by atoms with van der Waals surface area (Å²) in [6.07, 6.45) is 1.20. The molecule has 0 fully saturated rings. The summed E-state index contributed by atoms with van der Waals surface area (Å²) >= 11 is 1.06. The lowest BCUT2D eigenvalue weighted by atomic mass is 10.3. The van der Waals surface area contributed by atoms with Crippen LogP contribution in [0.5, 0.6) is 0 Å². The fourth-order valence-corrected chi connectivity index (χ4v) is 3.50. The fraction of sp³-hybridized carbons (Fsp3) is 0.250. The van der Waals surface area contributed by atoms with Crippen LogP contribution >= 0.6 is 11.8 Å². The molecule has 0 spiro atoms. The zero-order chi connectivity index (χ0) is 19.5. The Labute approximate surface area is 154 Å². The van der Waals surface area contributed by atoms with Crippen molar-refractivity contribution in [2.45, 2.75) is 22.1 Å². The largest absolute Gasteiger partial charge is 0.323 e. The van der Waals surface area contributed by atoms with E-state index in [4.69, 9.17) is 0 Å². The number of nitrogens with one attached hydrogen (secondary N) is 1. The van der Waals surface area contributed by atoms with E-state index in [0.717, 1.165) is 34.3 Å². The molecule has 6 nitrogen and oxygen atoms in total. The Morgan fingerprint density at radius 1 is 1.23 bits per heavy atom. The average molecular weight is 401 g/mol. The Hall–Kier alpha value is -2.04. The molecule has 1 atom stereocenters. The SMILES string of the molecule is CC(Sc1ccc(S(=O)(=O)N(C)C)cn1)C(=O)Nc1cc(F)ccc1F. The standard InChI is InChI=1S/C16H17F2N3O3S2/c1-10(16(22)20-14-8-11(17)4-6-13(14)18)25-15-7-5-12(9-19-15)26(23,24)21(2)3/h4-10H,1-3H3,(H,20,22). The highest BCUT2D eigenvalue weighted by Gasteiger charge is 2.20. The van der Waals surface area contributed by atoms with Gasteiger partial charge in [0.05, 0.1) is 16.0 Å². The van der Waals surface area contributed by atoms with Crippen molar-refractivity contribution in [3.63, 3.8) is 0 Å². The van der Waals surface area contributed by atoms with Crippen molar-refractivity contribution in [3.8, 4) is 0 Å². The maximum atomic E-state index is 13.6. The van der Waals surface area contributed by atoms with E-state index >= 15 is 0 Å². The molecule has 26 heavy (non-hydrogen) atoms. The number of pyridine rings is 1. The van der Waals surface area contributed by atoms with E-state index in [2.05, 4.69) is 10.3 Å². The van der Waals surface area contributed by atoms with Crippen LogP contribution in [0.4, 0.5) is 14.5 Å². The number of halogens is 2. The van der Waals surface area contributed by atoms with E-state index in [0.29, 0.717) is 5.03 Å². The molecule has 1 aromatic heterocycles. The summed E-state index contributed by atoms with van der Waals surface area (Å²) in [4.78, 5) is 16.2. The van der Waals surface area contributed by atoms with Crippen LogP contribution in [0.15, 0.2) is 46.5 Å². The predicted molar refractivity (Wildman–Crippen MR) is 95.4 cm³/mol. The summed E-state index contributed by atoms with van der Waals surface area (Å²) in [7, 11) is -0.758. The fourth-order valence-electron chi connectivity index (χ4n) is 1.86. The summed E-state index contributed by atoms with van der Waals surface area (Å²) < 4.78 is 51.8. The number of sulfonamides is 1. The van der Waals surface area contributed by atoms with Crippen LogP contribution in [0.1, 0.15) is 6.92 Å². The molecule has 1 heterocycles. The average Bonchev–Trinajstić information content (AvgIpc) is 2.58. The third kappa shape index (κ3) is 4.77. The number of hydrogen-bond donors (Lipinski definition) is 1. The molecule has 1 unspecified atom stereocenters. The van der Waals surface area contributed by atoms with Crippen LogP contribution in [-0.4, -0.2) is 43.0 Å². The lowest BCUT2D eigenvalue weighted by Gasteiger charge is -2.13. The second kappa shape index (κ2) is 8.11. The highest BCUT2D eigenvalue weighted by atomic mass is 32.2. The van der Waals surface area contributed by atoms with Crippen molar-refractivity contribution in [1.82, 2.24) is 9.29 Å². The molecule has 0 aliphatic rings. The summed E-state index contributed by atoms with van der Waals surface area (Å²) in [6.45, 7) is 1.57. The molecule has 0 aliphatic heterocycles. The van der Waals surface area contributed by atoms with Gasteiger partial charge >= 0.3 is 0 Å². The molecule has 1 N–H and O–H groups in total. The van der Waals surface area contributed by atoms with Gasteiger partial charge in [0.15, 0.2) is 0 Å². The van der Waals surface area contributed by atoms with Crippen molar-refractivity contribution in [3.05, 3.63) is 48.2 Å². The van der Waals surface area contributed by atoms with Crippen LogP contribution in [0.3, 0.4) is 0 Å². The van der Waals surface area contributed by atoms with Crippen LogP contribution < -0.4 is 5.32 Å². The molecule has 10 heteroatoms. The molecule has 0 radical (unpaired) electrons. The maximum absolute atomic E-state index is 13.6. The quantitative estimate of drug-likeness (QED) is 0.753. The van der Waals surface area contributed by atoms with Gasteiger partial charge in [0.2, 0.25) is 15.9 Å². The van der Waals surface area contributed by atoms with Crippen molar-refractivity contribution in [2.75, 3.05) is 19.4 Å². The number of carbonyl (C=O) groups excluding carboxylic acids is 1. The Bertz CT molecular complexity index is 903. The monoisotopic (exact) mass is 401 g/mol. The molecule has 2 rings (SSSR count). The first-order chi connectivity index (χ1) is 12.1. The molecule has 140 valence electrons. The van der Waals surface area contributed by atoms with Gasteiger partial charge in [-0.15, -0.1) is 0 Å². The molecule has 1 amide bonds. The highest BCUT2D eigenvalue weighted by molar-refractivity contribution is 8.00. The first-order valence-electron chi connectivity index (χ1n) is 7.42. The second-order valence-corrected chi connectivity index (χ2v) is 9.01.